The fraction of sp³-hybridized carbons (Fsp3) is 1.00. The highest BCUT2D eigenvalue weighted by Crippen LogP contribution is 2.31. The molecule has 0 bridgehead atoms. The Hall–Kier alpha value is 0.0738. The Morgan fingerprint density at radius 2 is 0.846 bits per heavy atom. The average Bonchev–Trinajstić information content (AvgIpc) is 2.79. The monoisotopic (exact) mass is 590 g/mol. The second kappa shape index (κ2) is 14.0. The van der Waals surface area contributed by atoms with E-state index in [9.17, 15) is 0 Å². The van der Waals surface area contributed by atoms with Crippen LogP contribution >= 0.6 is 0 Å². The van der Waals surface area contributed by atoms with Gasteiger partial charge in [-0.05, 0) is 107 Å². The zero-order valence-corrected chi connectivity index (χ0v) is 29.3. The van der Waals surface area contributed by atoms with Crippen LogP contribution in [0.15, 0.2) is 0 Å². The van der Waals surface area contributed by atoms with Gasteiger partial charge in [-0.15, -0.1) is 0 Å². The van der Waals surface area contributed by atoms with Gasteiger partial charge in [0.2, 0.25) is 0 Å². The predicted molar refractivity (Wildman–Crippen MR) is 164 cm³/mol. The first-order valence-corrected chi connectivity index (χ1v) is 18.8. The van der Waals surface area contributed by atoms with Crippen molar-refractivity contribution in [1.82, 2.24) is 21.3 Å². The van der Waals surface area contributed by atoms with Gasteiger partial charge >= 0.3 is 17.6 Å². The lowest BCUT2D eigenvalue weighted by Crippen LogP contribution is -2.62. The molecule has 2 heterocycles. The molecule has 0 unspecified atom stereocenters. The number of hydrogen-bond donors (Lipinski definition) is 4. The molecule has 0 amide bonds. The molecule has 11 heteroatoms. The minimum atomic E-state index is -2.96. The lowest BCUT2D eigenvalue weighted by atomic mass is 9.79. The van der Waals surface area contributed by atoms with Crippen molar-refractivity contribution in [3.63, 3.8) is 0 Å². The first kappa shape index (κ1) is 35.3. The Balaban J connectivity index is 1.89. The molecule has 232 valence electrons. The largest absolute Gasteiger partial charge is 0.493 e. The molecule has 9 nitrogen and oxygen atoms in total. The van der Waals surface area contributed by atoms with Crippen LogP contribution in [0.5, 0.6) is 0 Å². The van der Waals surface area contributed by atoms with E-state index < -0.39 is 17.6 Å². The zero-order valence-electron chi connectivity index (χ0n) is 27.3. The van der Waals surface area contributed by atoms with Gasteiger partial charge in [-0.25, -0.2) is 0 Å². The SMILES string of the molecule is CO[Si](CCCNC1CC(C)(C)NC(C)(C)C1)(OC)O[Si](CCCNC1CC(C)(C)NC(C)(C)C1)(OC)OC. The van der Waals surface area contributed by atoms with Gasteiger partial charge in [0, 0.05) is 74.8 Å². The second-order valence-electron chi connectivity index (χ2n) is 14.4. The van der Waals surface area contributed by atoms with E-state index in [1.165, 1.54) is 0 Å². The quantitative estimate of drug-likeness (QED) is 0.157. The molecule has 0 aromatic carbocycles. The number of nitrogens with one attached hydrogen (secondary N) is 4. The summed E-state index contributed by atoms with van der Waals surface area (Å²) in [4.78, 5) is 0. The fourth-order valence-corrected chi connectivity index (χ4v) is 13.7. The molecule has 0 atom stereocenters. The third kappa shape index (κ3) is 11.3. The summed E-state index contributed by atoms with van der Waals surface area (Å²) in [5, 5.41) is 15.1. The Bertz CT molecular complexity index is 653. The maximum Gasteiger partial charge on any atom is 0.493 e. The van der Waals surface area contributed by atoms with Gasteiger partial charge in [0.25, 0.3) is 0 Å². The third-order valence-corrected chi connectivity index (χ3v) is 15.0. The van der Waals surface area contributed by atoms with E-state index in [2.05, 4.69) is 76.7 Å². The normalized spacial score (nSPS) is 23.7. The molecular formula is C28H62N4O5Si2. The standard InChI is InChI=1S/C28H62N4O5Si2/c1-25(2)19-23(20-26(3,4)31-25)29-15-13-17-38(33-9,34-10)37-39(35-11,36-12)18-14-16-30-24-21-27(5,6)32-28(7,8)22-24/h23-24,29-32H,13-22H2,1-12H3. The highest BCUT2D eigenvalue weighted by molar-refractivity contribution is 6.75. The van der Waals surface area contributed by atoms with Crippen molar-refractivity contribution in [3.8, 4) is 0 Å². The summed E-state index contributed by atoms with van der Waals surface area (Å²) in [6.45, 7) is 20.1. The van der Waals surface area contributed by atoms with Crippen molar-refractivity contribution >= 4 is 17.6 Å². The highest BCUT2D eigenvalue weighted by Gasteiger charge is 2.51. The van der Waals surface area contributed by atoms with Crippen molar-refractivity contribution in [3.05, 3.63) is 0 Å². The van der Waals surface area contributed by atoms with Crippen LogP contribution in [0, 0.1) is 0 Å². The van der Waals surface area contributed by atoms with E-state index >= 15 is 0 Å². The molecule has 0 aliphatic carbocycles. The third-order valence-electron chi connectivity index (χ3n) is 8.12. The number of hydrogen-bond acceptors (Lipinski definition) is 9. The second-order valence-corrected chi connectivity index (χ2v) is 20.6. The minimum absolute atomic E-state index is 0.122. The van der Waals surface area contributed by atoms with Gasteiger partial charge in [0.15, 0.2) is 0 Å². The van der Waals surface area contributed by atoms with Crippen LogP contribution < -0.4 is 21.3 Å². The van der Waals surface area contributed by atoms with Gasteiger partial charge in [-0.2, -0.15) is 0 Å². The number of rotatable bonds is 16. The van der Waals surface area contributed by atoms with E-state index in [0.717, 1.165) is 51.6 Å². The molecular weight excluding hydrogens is 529 g/mol. The molecule has 4 N–H and O–H groups in total. The van der Waals surface area contributed by atoms with Crippen molar-refractivity contribution in [2.75, 3.05) is 41.5 Å². The molecule has 0 aromatic heterocycles. The van der Waals surface area contributed by atoms with Crippen LogP contribution in [0.1, 0.15) is 93.9 Å². The predicted octanol–water partition coefficient (Wildman–Crippen LogP) is 4.04. The number of piperidine rings is 2. The van der Waals surface area contributed by atoms with Crippen LogP contribution in [0.4, 0.5) is 0 Å². The summed E-state index contributed by atoms with van der Waals surface area (Å²) in [6, 6.07) is 2.38. The average molecular weight is 591 g/mol. The van der Waals surface area contributed by atoms with Crippen molar-refractivity contribution < 1.29 is 21.8 Å². The molecule has 0 saturated carbocycles. The minimum Gasteiger partial charge on any atom is -0.377 e. The van der Waals surface area contributed by atoms with Crippen molar-refractivity contribution in [2.24, 2.45) is 0 Å². The smallest absolute Gasteiger partial charge is 0.377 e. The van der Waals surface area contributed by atoms with E-state index in [0.29, 0.717) is 24.2 Å². The Morgan fingerprint density at radius 1 is 0.564 bits per heavy atom. The van der Waals surface area contributed by atoms with Gasteiger partial charge in [0.05, 0.1) is 0 Å². The Labute approximate surface area is 242 Å². The Kier molecular flexibility index (Phi) is 12.7. The van der Waals surface area contributed by atoms with Gasteiger partial charge in [-0.1, -0.05) is 0 Å². The fourth-order valence-electron chi connectivity index (χ4n) is 7.24. The molecule has 2 aliphatic rings. The van der Waals surface area contributed by atoms with Gasteiger partial charge < -0.3 is 43.1 Å². The molecule has 2 aliphatic heterocycles. The first-order valence-electron chi connectivity index (χ1n) is 14.9. The maximum absolute atomic E-state index is 6.65. The molecule has 2 rings (SSSR count). The summed E-state index contributed by atoms with van der Waals surface area (Å²) in [6.07, 6.45) is 6.22. The van der Waals surface area contributed by atoms with E-state index in [1.54, 1.807) is 28.4 Å². The topological polar surface area (TPSA) is 94.3 Å². The molecule has 0 aromatic rings. The lowest BCUT2D eigenvalue weighted by molar-refractivity contribution is 0.0852. The molecule has 2 fully saturated rings. The summed E-state index contributed by atoms with van der Waals surface area (Å²) < 4.78 is 30.5. The highest BCUT2D eigenvalue weighted by atomic mass is 28.5. The molecule has 0 spiro atoms. The van der Waals surface area contributed by atoms with Crippen LogP contribution in [0.25, 0.3) is 0 Å². The van der Waals surface area contributed by atoms with Crippen LogP contribution in [-0.4, -0.2) is 93.4 Å². The maximum atomic E-state index is 6.65. The van der Waals surface area contributed by atoms with Crippen molar-refractivity contribution in [1.29, 1.82) is 0 Å². The van der Waals surface area contributed by atoms with E-state index in [-0.39, 0.29) is 22.2 Å². The first-order chi connectivity index (χ1) is 17.9. The zero-order chi connectivity index (χ0) is 29.6. The molecule has 39 heavy (non-hydrogen) atoms. The van der Waals surface area contributed by atoms with Crippen LogP contribution in [0.2, 0.25) is 12.1 Å². The summed E-state index contributed by atoms with van der Waals surface area (Å²) >= 11 is 0. The van der Waals surface area contributed by atoms with Crippen LogP contribution in [-0.2, 0) is 21.8 Å². The van der Waals surface area contributed by atoms with E-state index in [4.69, 9.17) is 21.8 Å². The van der Waals surface area contributed by atoms with Crippen molar-refractivity contribution in [2.45, 2.75) is 140 Å². The van der Waals surface area contributed by atoms with E-state index in [1.807, 2.05) is 0 Å². The lowest BCUT2D eigenvalue weighted by Gasteiger charge is -2.47. The van der Waals surface area contributed by atoms with Gasteiger partial charge in [0.1, 0.15) is 0 Å². The Morgan fingerprint density at radius 3 is 1.10 bits per heavy atom. The summed E-state index contributed by atoms with van der Waals surface area (Å²) in [5.74, 6) is 0. The summed E-state index contributed by atoms with van der Waals surface area (Å²) in [7, 11) is 0.824. The molecule has 2 saturated heterocycles. The van der Waals surface area contributed by atoms with Crippen LogP contribution in [0.3, 0.4) is 0 Å². The van der Waals surface area contributed by atoms with Gasteiger partial charge in [-0.3, -0.25) is 0 Å². The molecule has 0 radical (unpaired) electrons. The summed E-state index contributed by atoms with van der Waals surface area (Å²) in [5.41, 5.74) is 0.490.